The second-order valence-electron chi connectivity index (χ2n) is 7.01. The molecular formula is C19H23FN2O2S2. The van der Waals surface area contributed by atoms with Crippen LogP contribution in [0.1, 0.15) is 38.5 Å². The molecule has 4 nitrogen and oxygen atoms in total. The van der Waals surface area contributed by atoms with Crippen molar-refractivity contribution in [2.75, 3.05) is 18.8 Å². The van der Waals surface area contributed by atoms with Crippen molar-refractivity contribution in [3.05, 3.63) is 24.0 Å². The number of hydrogen-bond donors (Lipinski definition) is 0. The first-order chi connectivity index (χ1) is 12.7. The number of nitrogens with zero attached hydrogens (tertiary/aromatic N) is 2. The molecule has 0 unspecified atom stereocenters. The van der Waals surface area contributed by atoms with E-state index < -0.39 is 0 Å². The Morgan fingerprint density at radius 2 is 2.04 bits per heavy atom. The van der Waals surface area contributed by atoms with Gasteiger partial charge in [-0.15, -0.1) is 11.8 Å². The predicted molar refractivity (Wildman–Crippen MR) is 105 cm³/mol. The Kier molecular flexibility index (Phi) is 5.64. The van der Waals surface area contributed by atoms with Crippen molar-refractivity contribution in [3.63, 3.8) is 0 Å². The average Bonchev–Trinajstić information content (AvgIpc) is 3.29. The summed E-state index contributed by atoms with van der Waals surface area (Å²) in [6, 6.07) is 4.58. The van der Waals surface area contributed by atoms with Gasteiger partial charge in [0.15, 0.2) is 0 Å². The standard InChI is InChI=1S/C19H23FN2O2S2/c20-13-5-6-16-17(11-13)26-19(21-16)24-14-7-9-22(10-8-14)18(23)12-25-15-3-1-2-4-15/h5-6,11,14-15H,1-4,7-10,12H2. The second kappa shape index (κ2) is 8.13. The summed E-state index contributed by atoms with van der Waals surface area (Å²) in [6.07, 6.45) is 6.88. The predicted octanol–water partition coefficient (Wildman–Crippen LogP) is 4.48. The molecule has 4 rings (SSSR count). The largest absolute Gasteiger partial charge is 0.467 e. The van der Waals surface area contributed by atoms with Crippen molar-refractivity contribution in [2.45, 2.75) is 49.9 Å². The monoisotopic (exact) mass is 394 g/mol. The van der Waals surface area contributed by atoms with E-state index in [1.54, 1.807) is 6.07 Å². The smallest absolute Gasteiger partial charge is 0.274 e. The number of thiazole rings is 1. The molecule has 0 spiro atoms. The first-order valence-corrected chi connectivity index (χ1v) is 11.2. The van der Waals surface area contributed by atoms with Gasteiger partial charge in [-0.3, -0.25) is 4.79 Å². The van der Waals surface area contributed by atoms with Crippen molar-refractivity contribution in [3.8, 4) is 5.19 Å². The third-order valence-electron chi connectivity index (χ3n) is 5.14. The molecule has 2 heterocycles. The Bertz CT molecular complexity index is 768. The summed E-state index contributed by atoms with van der Waals surface area (Å²) in [7, 11) is 0. The van der Waals surface area contributed by atoms with Gasteiger partial charge in [-0.25, -0.2) is 9.37 Å². The molecule has 140 valence electrons. The number of piperidine rings is 1. The van der Waals surface area contributed by atoms with Crippen LogP contribution in [0.3, 0.4) is 0 Å². The fourth-order valence-corrected chi connectivity index (χ4v) is 5.76. The molecule has 1 amide bonds. The Balaban J connectivity index is 1.25. The summed E-state index contributed by atoms with van der Waals surface area (Å²) in [5, 5.41) is 1.27. The normalized spacial score (nSPS) is 19.3. The fraction of sp³-hybridized carbons (Fsp3) is 0.579. The van der Waals surface area contributed by atoms with Gasteiger partial charge in [-0.2, -0.15) is 0 Å². The van der Waals surface area contributed by atoms with E-state index in [4.69, 9.17) is 4.74 Å². The SMILES string of the molecule is O=C(CSC1CCCC1)N1CCC(Oc2nc3ccc(F)cc3s2)CC1. The first kappa shape index (κ1) is 18.0. The van der Waals surface area contributed by atoms with Crippen LogP contribution in [0.25, 0.3) is 10.2 Å². The van der Waals surface area contributed by atoms with E-state index in [1.807, 2.05) is 16.7 Å². The van der Waals surface area contributed by atoms with Gasteiger partial charge in [0.1, 0.15) is 11.9 Å². The summed E-state index contributed by atoms with van der Waals surface area (Å²) >= 11 is 3.21. The van der Waals surface area contributed by atoms with E-state index in [0.717, 1.165) is 36.1 Å². The highest BCUT2D eigenvalue weighted by Gasteiger charge is 2.26. The lowest BCUT2D eigenvalue weighted by molar-refractivity contribution is -0.130. The van der Waals surface area contributed by atoms with Crippen molar-refractivity contribution in [1.29, 1.82) is 0 Å². The minimum Gasteiger partial charge on any atom is -0.467 e. The molecule has 1 saturated heterocycles. The zero-order valence-electron chi connectivity index (χ0n) is 14.7. The Morgan fingerprint density at radius 1 is 1.27 bits per heavy atom. The van der Waals surface area contributed by atoms with Crippen LogP contribution in [0, 0.1) is 5.82 Å². The third-order valence-corrected chi connectivity index (χ3v) is 7.40. The van der Waals surface area contributed by atoms with E-state index in [2.05, 4.69) is 4.98 Å². The molecular weight excluding hydrogens is 371 g/mol. The summed E-state index contributed by atoms with van der Waals surface area (Å²) in [5.74, 6) is 0.616. The number of aromatic nitrogens is 1. The molecule has 1 aliphatic heterocycles. The molecule has 2 aliphatic rings. The zero-order chi connectivity index (χ0) is 17.9. The molecule has 1 aromatic heterocycles. The molecule has 26 heavy (non-hydrogen) atoms. The van der Waals surface area contributed by atoms with E-state index in [0.29, 0.717) is 16.2 Å². The van der Waals surface area contributed by atoms with E-state index in [9.17, 15) is 9.18 Å². The highest BCUT2D eigenvalue weighted by molar-refractivity contribution is 8.00. The quantitative estimate of drug-likeness (QED) is 0.750. The number of carbonyl (C=O) groups excluding carboxylic acids is 1. The van der Waals surface area contributed by atoms with Crippen LogP contribution in [0.4, 0.5) is 4.39 Å². The van der Waals surface area contributed by atoms with Crippen LogP contribution >= 0.6 is 23.1 Å². The van der Waals surface area contributed by atoms with E-state index in [1.165, 1.54) is 49.2 Å². The average molecular weight is 395 g/mol. The maximum absolute atomic E-state index is 13.3. The number of thioether (sulfide) groups is 1. The number of benzene rings is 1. The molecule has 0 N–H and O–H groups in total. The highest BCUT2D eigenvalue weighted by atomic mass is 32.2. The van der Waals surface area contributed by atoms with Crippen LogP contribution in [0.2, 0.25) is 0 Å². The van der Waals surface area contributed by atoms with Crippen molar-refractivity contribution >= 4 is 39.2 Å². The number of amides is 1. The second-order valence-corrected chi connectivity index (χ2v) is 9.29. The molecule has 1 aromatic carbocycles. The summed E-state index contributed by atoms with van der Waals surface area (Å²) in [4.78, 5) is 18.8. The maximum Gasteiger partial charge on any atom is 0.274 e. The van der Waals surface area contributed by atoms with Crippen LogP contribution in [-0.2, 0) is 4.79 Å². The molecule has 1 saturated carbocycles. The van der Waals surface area contributed by atoms with Crippen LogP contribution in [-0.4, -0.2) is 46.0 Å². The molecule has 1 aliphatic carbocycles. The minimum absolute atomic E-state index is 0.0759. The Hall–Kier alpha value is -1.34. The summed E-state index contributed by atoms with van der Waals surface area (Å²) in [5.41, 5.74) is 0.767. The van der Waals surface area contributed by atoms with E-state index >= 15 is 0 Å². The van der Waals surface area contributed by atoms with Crippen molar-refractivity contribution in [2.24, 2.45) is 0 Å². The van der Waals surface area contributed by atoms with Crippen LogP contribution < -0.4 is 4.74 Å². The van der Waals surface area contributed by atoms with Gasteiger partial charge in [0, 0.05) is 31.2 Å². The number of likely N-dealkylation sites (tertiary alicyclic amines) is 1. The van der Waals surface area contributed by atoms with Gasteiger partial charge in [-0.05, 0) is 31.0 Å². The molecule has 0 atom stereocenters. The number of carbonyl (C=O) groups is 1. The first-order valence-electron chi connectivity index (χ1n) is 9.29. The molecule has 2 fully saturated rings. The number of ether oxygens (including phenoxy) is 1. The van der Waals surface area contributed by atoms with Crippen molar-refractivity contribution in [1.82, 2.24) is 9.88 Å². The lowest BCUT2D eigenvalue weighted by atomic mass is 10.1. The third kappa shape index (κ3) is 4.31. The molecule has 0 bridgehead atoms. The van der Waals surface area contributed by atoms with E-state index in [-0.39, 0.29) is 17.8 Å². The minimum atomic E-state index is -0.255. The molecule has 0 radical (unpaired) electrons. The van der Waals surface area contributed by atoms with Gasteiger partial charge in [0.2, 0.25) is 5.91 Å². The molecule has 7 heteroatoms. The van der Waals surface area contributed by atoms with Gasteiger partial charge < -0.3 is 9.64 Å². The molecule has 2 aromatic rings. The maximum atomic E-state index is 13.3. The fourth-order valence-electron chi connectivity index (χ4n) is 3.63. The summed E-state index contributed by atoms with van der Waals surface area (Å²) in [6.45, 7) is 1.49. The lowest BCUT2D eigenvalue weighted by Gasteiger charge is -2.31. The zero-order valence-corrected chi connectivity index (χ0v) is 16.3. The Morgan fingerprint density at radius 3 is 2.81 bits per heavy atom. The van der Waals surface area contributed by atoms with Crippen LogP contribution in [0.5, 0.6) is 5.19 Å². The van der Waals surface area contributed by atoms with Gasteiger partial charge in [0.05, 0.1) is 16.0 Å². The number of halogens is 1. The number of rotatable bonds is 5. The van der Waals surface area contributed by atoms with Crippen molar-refractivity contribution < 1.29 is 13.9 Å². The van der Waals surface area contributed by atoms with Gasteiger partial charge in [-0.1, -0.05) is 24.2 Å². The van der Waals surface area contributed by atoms with Gasteiger partial charge in [0.25, 0.3) is 5.19 Å². The lowest BCUT2D eigenvalue weighted by Crippen LogP contribution is -2.42. The highest BCUT2D eigenvalue weighted by Crippen LogP contribution is 2.31. The topological polar surface area (TPSA) is 42.4 Å². The summed E-state index contributed by atoms with van der Waals surface area (Å²) < 4.78 is 20.1. The van der Waals surface area contributed by atoms with Crippen LogP contribution in [0.15, 0.2) is 18.2 Å². The Labute approximate surface area is 161 Å². The number of fused-ring (bicyclic) bond motifs is 1. The number of hydrogen-bond acceptors (Lipinski definition) is 5. The van der Waals surface area contributed by atoms with Gasteiger partial charge >= 0.3 is 0 Å².